The number of aryl methyl sites for hydroxylation is 1. The maximum atomic E-state index is 12.8. The number of benzene rings is 2. The highest BCUT2D eigenvalue weighted by Gasteiger charge is 2.19. The Morgan fingerprint density at radius 3 is 2.47 bits per heavy atom. The average Bonchev–Trinajstić information content (AvgIpc) is 3.38. The van der Waals surface area contributed by atoms with Crippen molar-refractivity contribution in [2.45, 2.75) is 20.4 Å². The zero-order valence-electron chi connectivity index (χ0n) is 17.6. The average molecular weight is 471 g/mol. The van der Waals surface area contributed by atoms with Crippen LogP contribution in [0.1, 0.15) is 27.4 Å². The minimum Gasteiger partial charge on any atom is -0.497 e. The second kappa shape index (κ2) is 9.06. The molecule has 4 rings (SSSR count). The Kier molecular flexibility index (Phi) is 6.21. The van der Waals surface area contributed by atoms with Gasteiger partial charge in [-0.05, 0) is 50.2 Å². The van der Waals surface area contributed by atoms with E-state index >= 15 is 0 Å². The number of ether oxygens (including phenoxy) is 1. The highest BCUT2D eigenvalue weighted by atomic mass is 35.5. The van der Waals surface area contributed by atoms with Crippen LogP contribution in [-0.4, -0.2) is 28.0 Å². The van der Waals surface area contributed by atoms with E-state index in [2.05, 4.69) is 15.6 Å². The van der Waals surface area contributed by atoms with Gasteiger partial charge in [0, 0.05) is 27.2 Å². The summed E-state index contributed by atoms with van der Waals surface area (Å²) in [6.45, 7) is 4.07. The van der Waals surface area contributed by atoms with Crippen LogP contribution in [0.4, 0.5) is 5.69 Å². The number of amides is 1. The number of rotatable bonds is 6. The van der Waals surface area contributed by atoms with Crippen LogP contribution in [0, 0.1) is 13.8 Å². The molecule has 1 amide bonds. The summed E-state index contributed by atoms with van der Waals surface area (Å²) in [5, 5.41) is 12.4. The lowest BCUT2D eigenvalue weighted by Gasteiger charge is -2.09. The SMILES string of the molecule is COc1ccc(-c2cc(C(=O)Nc3c(C)nn(Cc4c(Cl)cccc4Cl)c3C)no2)cc1. The number of hydrogen-bond donors (Lipinski definition) is 1. The Morgan fingerprint density at radius 2 is 1.81 bits per heavy atom. The number of methoxy groups -OCH3 is 1. The van der Waals surface area contributed by atoms with Crippen molar-refractivity contribution >= 4 is 34.8 Å². The van der Waals surface area contributed by atoms with Gasteiger partial charge in [0.15, 0.2) is 11.5 Å². The number of nitrogens with one attached hydrogen (secondary N) is 1. The van der Waals surface area contributed by atoms with Crippen LogP contribution < -0.4 is 10.1 Å². The monoisotopic (exact) mass is 470 g/mol. The minimum atomic E-state index is -0.393. The first kappa shape index (κ1) is 21.9. The minimum absolute atomic E-state index is 0.163. The van der Waals surface area contributed by atoms with E-state index in [9.17, 15) is 4.79 Å². The molecule has 164 valence electrons. The molecule has 0 aliphatic rings. The Morgan fingerprint density at radius 1 is 1.12 bits per heavy atom. The highest BCUT2D eigenvalue weighted by Crippen LogP contribution is 2.28. The van der Waals surface area contributed by atoms with Gasteiger partial charge in [-0.15, -0.1) is 0 Å². The molecule has 0 aliphatic heterocycles. The summed E-state index contributed by atoms with van der Waals surface area (Å²) in [5.41, 5.74) is 3.75. The quantitative estimate of drug-likeness (QED) is 0.386. The molecular formula is C23H20Cl2N4O3. The van der Waals surface area contributed by atoms with E-state index in [1.807, 2.05) is 38.1 Å². The summed E-state index contributed by atoms with van der Waals surface area (Å²) in [5.74, 6) is 0.817. The molecule has 0 bridgehead atoms. The summed E-state index contributed by atoms with van der Waals surface area (Å²) >= 11 is 12.6. The summed E-state index contributed by atoms with van der Waals surface area (Å²) in [4.78, 5) is 12.8. The lowest BCUT2D eigenvalue weighted by Crippen LogP contribution is -2.13. The molecule has 0 atom stereocenters. The van der Waals surface area contributed by atoms with Crippen molar-refractivity contribution in [3.8, 4) is 17.1 Å². The van der Waals surface area contributed by atoms with E-state index in [1.54, 1.807) is 36.1 Å². The molecule has 0 radical (unpaired) electrons. The Bertz CT molecular complexity index is 1260. The number of aromatic nitrogens is 3. The van der Waals surface area contributed by atoms with E-state index < -0.39 is 5.91 Å². The topological polar surface area (TPSA) is 82.2 Å². The fraction of sp³-hybridized carbons (Fsp3) is 0.174. The zero-order valence-corrected chi connectivity index (χ0v) is 19.2. The van der Waals surface area contributed by atoms with E-state index in [4.69, 9.17) is 32.5 Å². The molecule has 2 heterocycles. The predicted molar refractivity (Wildman–Crippen MR) is 124 cm³/mol. The van der Waals surface area contributed by atoms with Crippen molar-refractivity contribution in [1.82, 2.24) is 14.9 Å². The second-order valence-electron chi connectivity index (χ2n) is 7.16. The molecule has 9 heteroatoms. The molecule has 1 N–H and O–H groups in total. The number of halogens is 2. The number of nitrogens with zero attached hydrogens (tertiary/aromatic N) is 3. The van der Waals surface area contributed by atoms with Crippen molar-refractivity contribution in [1.29, 1.82) is 0 Å². The first-order valence-electron chi connectivity index (χ1n) is 9.76. The third kappa shape index (κ3) is 4.35. The number of carbonyl (C=O) groups is 1. The summed E-state index contributed by atoms with van der Waals surface area (Å²) in [7, 11) is 1.60. The van der Waals surface area contributed by atoms with E-state index in [-0.39, 0.29) is 5.69 Å². The van der Waals surface area contributed by atoms with Crippen molar-refractivity contribution in [3.05, 3.63) is 81.2 Å². The van der Waals surface area contributed by atoms with Gasteiger partial charge >= 0.3 is 0 Å². The molecule has 0 fully saturated rings. The van der Waals surface area contributed by atoms with E-state index in [1.165, 1.54) is 0 Å². The van der Waals surface area contributed by atoms with Crippen LogP contribution in [0.5, 0.6) is 5.75 Å². The van der Waals surface area contributed by atoms with Crippen LogP contribution in [-0.2, 0) is 6.54 Å². The van der Waals surface area contributed by atoms with Gasteiger partial charge in [-0.2, -0.15) is 5.10 Å². The Labute approximate surface area is 194 Å². The molecule has 0 aliphatic carbocycles. The van der Waals surface area contributed by atoms with Crippen LogP contribution in [0.25, 0.3) is 11.3 Å². The van der Waals surface area contributed by atoms with Gasteiger partial charge in [-0.25, -0.2) is 0 Å². The predicted octanol–water partition coefficient (Wildman–Crippen LogP) is 5.77. The van der Waals surface area contributed by atoms with Gasteiger partial charge in [0.1, 0.15) is 5.75 Å². The normalized spacial score (nSPS) is 10.9. The highest BCUT2D eigenvalue weighted by molar-refractivity contribution is 6.36. The molecular weight excluding hydrogens is 451 g/mol. The van der Waals surface area contributed by atoms with Crippen molar-refractivity contribution in [3.63, 3.8) is 0 Å². The molecule has 2 aromatic heterocycles. The fourth-order valence-electron chi connectivity index (χ4n) is 3.32. The molecule has 4 aromatic rings. The fourth-order valence-corrected chi connectivity index (χ4v) is 3.83. The summed E-state index contributed by atoms with van der Waals surface area (Å²) in [6, 6.07) is 14.2. The van der Waals surface area contributed by atoms with Gasteiger partial charge in [0.2, 0.25) is 0 Å². The van der Waals surface area contributed by atoms with Gasteiger partial charge in [0.25, 0.3) is 5.91 Å². The van der Waals surface area contributed by atoms with Gasteiger partial charge < -0.3 is 14.6 Å². The molecule has 7 nitrogen and oxygen atoms in total. The maximum Gasteiger partial charge on any atom is 0.277 e. The third-order valence-electron chi connectivity index (χ3n) is 5.11. The number of anilines is 1. The van der Waals surface area contributed by atoms with Gasteiger partial charge in [0.05, 0.1) is 30.7 Å². The molecule has 0 saturated heterocycles. The molecule has 0 spiro atoms. The first-order chi connectivity index (χ1) is 15.4. The van der Waals surface area contributed by atoms with E-state index in [0.717, 1.165) is 22.6 Å². The van der Waals surface area contributed by atoms with Crippen molar-refractivity contribution < 1.29 is 14.1 Å². The molecule has 0 unspecified atom stereocenters. The van der Waals surface area contributed by atoms with Gasteiger partial charge in [-0.3, -0.25) is 9.48 Å². The van der Waals surface area contributed by atoms with Crippen LogP contribution in [0.2, 0.25) is 10.0 Å². The van der Waals surface area contributed by atoms with Crippen molar-refractivity contribution in [2.24, 2.45) is 0 Å². The lowest BCUT2D eigenvalue weighted by atomic mass is 10.1. The smallest absolute Gasteiger partial charge is 0.277 e. The first-order valence-corrected chi connectivity index (χ1v) is 10.5. The lowest BCUT2D eigenvalue weighted by molar-refractivity contribution is 0.101. The molecule has 32 heavy (non-hydrogen) atoms. The number of carbonyl (C=O) groups excluding carboxylic acids is 1. The zero-order chi connectivity index (χ0) is 22.8. The second-order valence-corrected chi connectivity index (χ2v) is 7.98. The Hall–Kier alpha value is -3.29. The van der Waals surface area contributed by atoms with Crippen LogP contribution >= 0.6 is 23.2 Å². The third-order valence-corrected chi connectivity index (χ3v) is 5.82. The maximum absolute atomic E-state index is 12.8. The Balaban J connectivity index is 1.53. The van der Waals surface area contributed by atoms with E-state index in [0.29, 0.717) is 33.7 Å². The van der Waals surface area contributed by atoms with Crippen LogP contribution in [0.15, 0.2) is 53.1 Å². The molecule has 0 saturated carbocycles. The van der Waals surface area contributed by atoms with Crippen LogP contribution in [0.3, 0.4) is 0 Å². The standard InChI is InChI=1S/C23H20Cl2N4O3/c1-13-22(14(2)29(27-13)12-17-18(24)5-4-6-19(17)25)26-23(30)20-11-21(32-28-20)15-7-9-16(31-3)10-8-15/h4-11H,12H2,1-3H3,(H,26,30). The van der Waals surface area contributed by atoms with Crippen molar-refractivity contribution in [2.75, 3.05) is 12.4 Å². The number of hydrogen-bond acceptors (Lipinski definition) is 5. The molecule has 2 aromatic carbocycles. The van der Waals surface area contributed by atoms with Gasteiger partial charge in [-0.1, -0.05) is 34.4 Å². The summed E-state index contributed by atoms with van der Waals surface area (Å²) in [6.07, 6.45) is 0. The largest absolute Gasteiger partial charge is 0.497 e. The summed E-state index contributed by atoms with van der Waals surface area (Å²) < 4.78 is 12.3.